The molecule has 3 fully saturated rings. The smallest absolute Gasteiger partial charge is 0.237 e. The number of carbonyl (C=O) groups is 2. The van der Waals surface area contributed by atoms with Gasteiger partial charge in [0, 0.05) is 57.6 Å². The second-order valence-corrected chi connectivity index (χ2v) is 8.06. The summed E-state index contributed by atoms with van der Waals surface area (Å²) in [6, 6.07) is 2.22. The Bertz CT molecular complexity index is 673. The van der Waals surface area contributed by atoms with Crippen LogP contribution >= 0.6 is 24.8 Å². The largest absolute Gasteiger partial charge is 0.354 e. The van der Waals surface area contributed by atoms with E-state index < -0.39 is 0 Å². The van der Waals surface area contributed by atoms with Crippen LogP contribution in [0.2, 0.25) is 0 Å². The molecule has 0 spiro atoms. The number of hydrogen-bond donors (Lipinski definition) is 2. The molecule has 8 nitrogen and oxygen atoms in total. The molecular weight excluding hydrogens is 427 g/mol. The van der Waals surface area contributed by atoms with Crippen LogP contribution in [0.5, 0.6) is 0 Å². The van der Waals surface area contributed by atoms with Gasteiger partial charge in [0.25, 0.3) is 0 Å². The van der Waals surface area contributed by atoms with E-state index in [0.717, 1.165) is 19.5 Å². The molecule has 168 valence electrons. The maximum absolute atomic E-state index is 12.5. The second-order valence-electron chi connectivity index (χ2n) is 8.06. The number of aromatic nitrogens is 2. The molecule has 1 aromatic heterocycles. The molecule has 3 atom stereocenters. The zero-order valence-electron chi connectivity index (χ0n) is 17.2. The number of hydrogen-bond acceptors (Lipinski definition) is 6. The van der Waals surface area contributed by atoms with Crippen LogP contribution in [0.4, 0.5) is 5.95 Å². The Morgan fingerprint density at radius 3 is 2.47 bits per heavy atom. The molecule has 2 N–H and O–H groups in total. The van der Waals surface area contributed by atoms with Crippen LogP contribution in [0.25, 0.3) is 0 Å². The highest BCUT2D eigenvalue weighted by Gasteiger charge is 2.38. The third kappa shape index (κ3) is 5.95. The second kappa shape index (κ2) is 11.7. The van der Waals surface area contributed by atoms with Crippen LogP contribution in [0.3, 0.4) is 0 Å². The first kappa shape index (κ1) is 24.6. The van der Waals surface area contributed by atoms with E-state index >= 15 is 0 Å². The quantitative estimate of drug-likeness (QED) is 0.692. The van der Waals surface area contributed by atoms with Gasteiger partial charge in [0.05, 0.1) is 6.04 Å². The standard InChI is InChI=1S/C20H30N6O2.2ClH/c27-18(25-10-12-26(13-11-25)20-22-7-3-8-23-20)6-9-21-19(28)17-14-15-4-1-2-5-16(15)24-17;;/h3,7-8,15-17,24H,1-2,4-6,9-14H2,(H,21,28);2*1H. The average molecular weight is 459 g/mol. The van der Waals surface area contributed by atoms with Gasteiger partial charge in [-0.3, -0.25) is 9.59 Å². The summed E-state index contributed by atoms with van der Waals surface area (Å²) in [5, 5.41) is 6.45. The summed E-state index contributed by atoms with van der Waals surface area (Å²) in [6.07, 6.45) is 9.73. The molecule has 1 aliphatic carbocycles. The molecule has 0 aromatic carbocycles. The van der Waals surface area contributed by atoms with Gasteiger partial charge >= 0.3 is 0 Å². The fourth-order valence-electron chi connectivity index (χ4n) is 4.71. The normalized spacial score (nSPS) is 25.5. The van der Waals surface area contributed by atoms with Crippen molar-refractivity contribution >= 4 is 42.6 Å². The van der Waals surface area contributed by atoms with Gasteiger partial charge in [0.15, 0.2) is 0 Å². The Labute approximate surface area is 190 Å². The predicted octanol–water partition coefficient (Wildman–Crippen LogP) is 1.40. The molecule has 30 heavy (non-hydrogen) atoms. The van der Waals surface area contributed by atoms with E-state index in [1.165, 1.54) is 25.7 Å². The van der Waals surface area contributed by atoms with Crippen molar-refractivity contribution in [2.45, 2.75) is 50.6 Å². The maximum atomic E-state index is 12.5. The number of anilines is 1. The fraction of sp³-hybridized carbons (Fsp3) is 0.700. The molecule has 3 aliphatic rings. The molecule has 10 heteroatoms. The SMILES string of the molecule is Cl.Cl.O=C(NCCC(=O)N1CCN(c2ncccn2)CC1)C1CC2CCCCC2N1. The number of rotatable bonds is 5. The number of halogens is 2. The van der Waals surface area contributed by atoms with E-state index in [0.29, 0.717) is 44.0 Å². The summed E-state index contributed by atoms with van der Waals surface area (Å²) in [7, 11) is 0. The van der Waals surface area contributed by atoms with Gasteiger partial charge in [-0.2, -0.15) is 0 Å². The van der Waals surface area contributed by atoms with Gasteiger partial charge in [-0.15, -0.1) is 24.8 Å². The van der Waals surface area contributed by atoms with Crippen molar-refractivity contribution in [3.63, 3.8) is 0 Å². The fourth-order valence-corrected chi connectivity index (χ4v) is 4.71. The van der Waals surface area contributed by atoms with E-state index in [4.69, 9.17) is 0 Å². The number of amides is 2. The number of fused-ring (bicyclic) bond motifs is 1. The Hall–Kier alpha value is -1.64. The lowest BCUT2D eigenvalue weighted by molar-refractivity contribution is -0.131. The van der Waals surface area contributed by atoms with Crippen molar-refractivity contribution in [1.29, 1.82) is 0 Å². The minimum absolute atomic E-state index is 0. The van der Waals surface area contributed by atoms with Gasteiger partial charge in [0.1, 0.15) is 0 Å². The topological polar surface area (TPSA) is 90.5 Å². The van der Waals surface area contributed by atoms with Crippen molar-refractivity contribution in [3.8, 4) is 0 Å². The molecule has 1 saturated carbocycles. The van der Waals surface area contributed by atoms with Gasteiger partial charge in [-0.25, -0.2) is 9.97 Å². The van der Waals surface area contributed by atoms with Crippen LogP contribution in [-0.2, 0) is 9.59 Å². The zero-order valence-corrected chi connectivity index (χ0v) is 18.8. The Kier molecular flexibility index (Phi) is 9.58. The number of nitrogens with one attached hydrogen (secondary N) is 2. The third-order valence-electron chi connectivity index (χ3n) is 6.28. The molecular formula is C20H32Cl2N6O2. The van der Waals surface area contributed by atoms with Crippen LogP contribution in [-0.4, -0.2) is 71.5 Å². The van der Waals surface area contributed by atoms with Gasteiger partial charge in [-0.1, -0.05) is 12.8 Å². The number of carbonyl (C=O) groups excluding carboxylic acids is 2. The molecule has 2 saturated heterocycles. The lowest BCUT2D eigenvalue weighted by atomic mass is 9.85. The van der Waals surface area contributed by atoms with Crippen molar-refractivity contribution < 1.29 is 9.59 Å². The minimum Gasteiger partial charge on any atom is -0.354 e. The van der Waals surface area contributed by atoms with Crippen LogP contribution in [0.15, 0.2) is 18.5 Å². The molecule has 0 bridgehead atoms. The molecule has 4 rings (SSSR count). The average Bonchev–Trinajstić information content (AvgIpc) is 3.19. The van der Waals surface area contributed by atoms with Gasteiger partial charge < -0.3 is 20.4 Å². The van der Waals surface area contributed by atoms with Crippen LogP contribution in [0.1, 0.15) is 38.5 Å². The third-order valence-corrected chi connectivity index (χ3v) is 6.28. The number of piperazine rings is 1. The maximum Gasteiger partial charge on any atom is 0.237 e. The Morgan fingerprint density at radius 2 is 1.77 bits per heavy atom. The van der Waals surface area contributed by atoms with Crippen molar-refractivity contribution in [2.75, 3.05) is 37.6 Å². The first-order valence-electron chi connectivity index (χ1n) is 10.5. The molecule has 2 aliphatic heterocycles. The summed E-state index contributed by atoms with van der Waals surface area (Å²) in [4.78, 5) is 37.4. The highest BCUT2D eigenvalue weighted by Crippen LogP contribution is 2.33. The first-order chi connectivity index (χ1) is 13.7. The van der Waals surface area contributed by atoms with Crippen LogP contribution < -0.4 is 15.5 Å². The highest BCUT2D eigenvalue weighted by molar-refractivity contribution is 5.85. The van der Waals surface area contributed by atoms with Crippen LogP contribution in [0, 0.1) is 5.92 Å². The first-order valence-corrected chi connectivity index (χ1v) is 10.5. The summed E-state index contributed by atoms with van der Waals surface area (Å²) in [5.41, 5.74) is 0. The summed E-state index contributed by atoms with van der Waals surface area (Å²) >= 11 is 0. The van der Waals surface area contributed by atoms with Crippen molar-refractivity contribution in [2.24, 2.45) is 5.92 Å². The molecule has 1 aromatic rings. The van der Waals surface area contributed by atoms with E-state index in [2.05, 4.69) is 25.5 Å². The minimum atomic E-state index is -0.0855. The van der Waals surface area contributed by atoms with Gasteiger partial charge in [-0.05, 0) is 31.2 Å². The summed E-state index contributed by atoms with van der Waals surface area (Å²) in [5.74, 6) is 1.51. The predicted molar refractivity (Wildman–Crippen MR) is 120 cm³/mol. The van der Waals surface area contributed by atoms with E-state index in [9.17, 15) is 9.59 Å². The summed E-state index contributed by atoms with van der Waals surface area (Å²) in [6.45, 7) is 3.21. The van der Waals surface area contributed by atoms with E-state index in [1.54, 1.807) is 18.5 Å². The van der Waals surface area contributed by atoms with E-state index in [1.807, 2.05) is 4.90 Å². The summed E-state index contributed by atoms with van der Waals surface area (Å²) < 4.78 is 0. The number of nitrogens with zero attached hydrogens (tertiary/aromatic N) is 4. The van der Waals surface area contributed by atoms with Crippen molar-refractivity contribution in [3.05, 3.63) is 18.5 Å². The molecule has 0 radical (unpaired) electrons. The molecule has 2 amide bonds. The highest BCUT2D eigenvalue weighted by atomic mass is 35.5. The monoisotopic (exact) mass is 458 g/mol. The zero-order chi connectivity index (χ0) is 19.3. The Balaban J connectivity index is 0.00000160. The Morgan fingerprint density at radius 1 is 1.07 bits per heavy atom. The van der Waals surface area contributed by atoms with Crippen molar-refractivity contribution in [1.82, 2.24) is 25.5 Å². The molecule has 3 unspecified atom stereocenters. The lowest BCUT2D eigenvalue weighted by Gasteiger charge is -2.34. The van der Waals surface area contributed by atoms with Gasteiger partial charge in [0.2, 0.25) is 17.8 Å². The van der Waals surface area contributed by atoms with E-state index in [-0.39, 0.29) is 42.7 Å². The lowest BCUT2D eigenvalue weighted by Crippen LogP contribution is -2.50. The molecule has 3 heterocycles.